The zero-order valence-corrected chi connectivity index (χ0v) is 10.6. The van der Waals surface area contributed by atoms with Gasteiger partial charge in [-0.3, -0.25) is 0 Å². The van der Waals surface area contributed by atoms with Crippen LogP contribution in [-0.2, 0) is 0 Å². The third-order valence-corrected chi connectivity index (χ3v) is 4.64. The largest absolute Gasteiger partial charge is 0.300 e. The van der Waals surface area contributed by atoms with E-state index in [-0.39, 0.29) is 0 Å². The van der Waals surface area contributed by atoms with Gasteiger partial charge in [-0.15, -0.1) is 0 Å². The number of likely N-dealkylation sites (tertiary alicyclic amines) is 1. The van der Waals surface area contributed by atoms with Crippen LogP contribution in [0.25, 0.3) is 0 Å². The van der Waals surface area contributed by atoms with Crippen molar-refractivity contribution in [2.75, 3.05) is 13.1 Å². The van der Waals surface area contributed by atoms with Crippen LogP contribution in [0.3, 0.4) is 0 Å². The summed E-state index contributed by atoms with van der Waals surface area (Å²) in [5, 5.41) is 0. The number of nitrogens with zero attached hydrogens (tertiary/aromatic N) is 1. The van der Waals surface area contributed by atoms with E-state index >= 15 is 0 Å². The lowest BCUT2D eigenvalue weighted by molar-refractivity contribution is 0.154. The van der Waals surface area contributed by atoms with Gasteiger partial charge in [0.15, 0.2) is 0 Å². The second-order valence-corrected chi connectivity index (χ2v) is 5.66. The molecule has 0 atom stereocenters. The molecule has 0 amide bonds. The predicted octanol–water partition coefficient (Wildman–Crippen LogP) is 3.81. The highest BCUT2D eigenvalue weighted by Crippen LogP contribution is 2.32. The molecule has 1 aliphatic heterocycles. The first-order chi connectivity index (χ1) is 8.43. The number of hydrogen-bond donors (Lipinski definition) is 0. The second-order valence-electron chi connectivity index (χ2n) is 5.66. The molecule has 0 aromatic heterocycles. The van der Waals surface area contributed by atoms with E-state index in [4.69, 9.17) is 0 Å². The van der Waals surface area contributed by atoms with Gasteiger partial charge in [0, 0.05) is 6.04 Å². The number of rotatable bonds is 2. The lowest BCUT2D eigenvalue weighted by Crippen LogP contribution is -2.39. The Bertz CT molecular complexity index is 332. The molecule has 3 rings (SSSR count). The number of benzene rings is 1. The molecule has 1 aromatic rings. The zero-order valence-electron chi connectivity index (χ0n) is 10.6. The third kappa shape index (κ3) is 2.55. The Morgan fingerprint density at radius 2 is 1.47 bits per heavy atom. The van der Waals surface area contributed by atoms with Crippen LogP contribution in [-0.4, -0.2) is 24.0 Å². The van der Waals surface area contributed by atoms with Crippen LogP contribution in [0.15, 0.2) is 30.3 Å². The highest BCUT2D eigenvalue weighted by Gasteiger charge is 2.27. The Morgan fingerprint density at radius 1 is 0.824 bits per heavy atom. The lowest BCUT2D eigenvalue weighted by atomic mass is 9.89. The number of hydrogen-bond acceptors (Lipinski definition) is 1. The zero-order chi connectivity index (χ0) is 11.5. The Hall–Kier alpha value is -0.820. The van der Waals surface area contributed by atoms with Gasteiger partial charge in [-0.1, -0.05) is 43.2 Å². The van der Waals surface area contributed by atoms with Crippen LogP contribution in [0.2, 0.25) is 0 Å². The monoisotopic (exact) mass is 229 g/mol. The molecule has 0 N–H and O–H groups in total. The molecule has 0 radical (unpaired) electrons. The van der Waals surface area contributed by atoms with E-state index in [2.05, 4.69) is 35.2 Å². The summed E-state index contributed by atoms with van der Waals surface area (Å²) in [7, 11) is 0. The maximum absolute atomic E-state index is 2.76. The van der Waals surface area contributed by atoms with Crippen molar-refractivity contribution in [3.8, 4) is 0 Å². The van der Waals surface area contributed by atoms with Crippen molar-refractivity contribution in [2.45, 2.75) is 50.5 Å². The molecule has 17 heavy (non-hydrogen) atoms. The topological polar surface area (TPSA) is 3.24 Å². The molecule has 1 aromatic carbocycles. The van der Waals surface area contributed by atoms with Crippen LogP contribution in [0.5, 0.6) is 0 Å². The molecular formula is C16H23N. The van der Waals surface area contributed by atoms with Gasteiger partial charge in [-0.25, -0.2) is 0 Å². The summed E-state index contributed by atoms with van der Waals surface area (Å²) in [6, 6.07) is 12.0. The minimum Gasteiger partial charge on any atom is -0.300 e. The highest BCUT2D eigenvalue weighted by molar-refractivity contribution is 5.20. The van der Waals surface area contributed by atoms with E-state index in [1.165, 1.54) is 51.6 Å². The van der Waals surface area contributed by atoms with E-state index in [1.807, 2.05) is 0 Å². The van der Waals surface area contributed by atoms with Gasteiger partial charge in [-0.05, 0) is 50.3 Å². The summed E-state index contributed by atoms with van der Waals surface area (Å²) in [5.41, 5.74) is 1.55. The Balaban J connectivity index is 1.57. The van der Waals surface area contributed by atoms with E-state index in [0.717, 1.165) is 12.0 Å². The first-order valence-electron chi connectivity index (χ1n) is 7.22. The first kappa shape index (κ1) is 11.3. The van der Waals surface area contributed by atoms with Gasteiger partial charge in [-0.2, -0.15) is 0 Å². The fourth-order valence-corrected chi connectivity index (χ4v) is 3.59. The van der Waals surface area contributed by atoms with Crippen LogP contribution < -0.4 is 0 Å². The molecule has 0 bridgehead atoms. The molecule has 2 fully saturated rings. The summed E-state index contributed by atoms with van der Waals surface area (Å²) < 4.78 is 0. The van der Waals surface area contributed by atoms with Crippen LogP contribution in [0.4, 0.5) is 0 Å². The summed E-state index contributed by atoms with van der Waals surface area (Å²) >= 11 is 0. The molecule has 1 heteroatoms. The molecule has 2 aliphatic rings. The quantitative estimate of drug-likeness (QED) is 0.745. The van der Waals surface area contributed by atoms with Crippen molar-refractivity contribution in [2.24, 2.45) is 0 Å². The van der Waals surface area contributed by atoms with Crippen molar-refractivity contribution in [3.63, 3.8) is 0 Å². The molecule has 1 nitrogen and oxygen atoms in total. The summed E-state index contributed by atoms with van der Waals surface area (Å²) in [4.78, 5) is 2.76. The van der Waals surface area contributed by atoms with Gasteiger partial charge in [0.25, 0.3) is 0 Å². The predicted molar refractivity (Wildman–Crippen MR) is 72.2 cm³/mol. The fraction of sp³-hybridized carbons (Fsp3) is 0.625. The van der Waals surface area contributed by atoms with Gasteiger partial charge >= 0.3 is 0 Å². The molecular weight excluding hydrogens is 206 g/mol. The summed E-state index contributed by atoms with van der Waals surface area (Å²) in [6.07, 6.45) is 8.56. The fourth-order valence-electron chi connectivity index (χ4n) is 3.59. The minimum atomic E-state index is 0.814. The molecule has 1 aliphatic carbocycles. The van der Waals surface area contributed by atoms with Gasteiger partial charge in [0.2, 0.25) is 0 Å². The Kier molecular flexibility index (Phi) is 3.46. The van der Waals surface area contributed by atoms with Gasteiger partial charge in [0.05, 0.1) is 0 Å². The second kappa shape index (κ2) is 5.22. The van der Waals surface area contributed by atoms with Gasteiger partial charge in [0.1, 0.15) is 0 Å². The molecule has 0 unspecified atom stereocenters. The van der Waals surface area contributed by atoms with Crippen molar-refractivity contribution >= 4 is 0 Å². The van der Waals surface area contributed by atoms with Crippen molar-refractivity contribution in [1.29, 1.82) is 0 Å². The van der Waals surface area contributed by atoms with Crippen LogP contribution in [0, 0.1) is 0 Å². The average Bonchev–Trinajstić information content (AvgIpc) is 2.94. The van der Waals surface area contributed by atoms with E-state index in [1.54, 1.807) is 5.56 Å². The molecule has 1 heterocycles. The summed E-state index contributed by atoms with van der Waals surface area (Å²) in [6.45, 7) is 2.65. The smallest absolute Gasteiger partial charge is 0.00952 e. The minimum absolute atomic E-state index is 0.814. The standard InChI is InChI=1S/C16H23N/c1-2-6-14(7-3-1)15-10-12-17(13-11-15)16-8-4-5-9-16/h1-3,6-7,15-16H,4-5,8-13H2. The molecule has 1 saturated heterocycles. The van der Waals surface area contributed by atoms with E-state index < -0.39 is 0 Å². The highest BCUT2D eigenvalue weighted by atomic mass is 15.2. The Morgan fingerprint density at radius 3 is 2.12 bits per heavy atom. The lowest BCUT2D eigenvalue weighted by Gasteiger charge is -2.36. The average molecular weight is 229 g/mol. The molecule has 92 valence electrons. The van der Waals surface area contributed by atoms with E-state index in [0.29, 0.717) is 0 Å². The Labute approximate surface area is 105 Å². The van der Waals surface area contributed by atoms with E-state index in [9.17, 15) is 0 Å². The summed E-state index contributed by atoms with van der Waals surface area (Å²) in [5.74, 6) is 0.814. The number of piperidine rings is 1. The SMILES string of the molecule is c1ccc(C2CCN(C3CCCC3)CC2)cc1. The van der Waals surface area contributed by atoms with Crippen molar-refractivity contribution < 1.29 is 0 Å². The van der Waals surface area contributed by atoms with Crippen molar-refractivity contribution in [1.82, 2.24) is 4.90 Å². The normalized spacial score (nSPS) is 24.2. The molecule has 1 saturated carbocycles. The van der Waals surface area contributed by atoms with Crippen LogP contribution >= 0.6 is 0 Å². The van der Waals surface area contributed by atoms with Gasteiger partial charge < -0.3 is 4.90 Å². The van der Waals surface area contributed by atoms with Crippen LogP contribution in [0.1, 0.15) is 50.0 Å². The first-order valence-corrected chi connectivity index (χ1v) is 7.22. The maximum Gasteiger partial charge on any atom is 0.00952 e. The third-order valence-electron chi connectivity index (χ3n) is 4.64. The maximum atomic E-state index is 2.76. The molecule has 0 spiro atoms. The van der Waals surface area contributed by atoms with Crippen molar-refractivity contribution in [3.05, 3.63) is 35.9 Å².